The van der Waals surface area contributed by atoms with E-state index in [9.17, 15) is 76.3 Å². The lowest BCUT2D eigenvalue weighted by atomic mass is 9.97. The van der Waals surface area contributed by atoms with Crippen molar-refractivity contribution in [2.45, 2.75) is 89.2 Å². The molecular formula is C66H65F13N28O4. The van der Waals surface area contributed by atoms with Gasteiger partial charge in [0.2, 0.25) is 23.6 Å². The fraction of sp³-hybridized carbons (Fsp3) is 0.333. The second-order valence-electron chi connectivity index (χ2n) is 25.2. The molecule has 9 N–H and O–H groups in total. The molecule has 0 aromatic carbocycles. The number of nitrogens with one attached hydrogen (secondary N) is 9. The largest absolute Gasteiger partial charge is 0.406 e. The lowest BCUT2D eigenvalue weighted by Crippen LogP contribution is -2.55. The first kappa shape index (κ1) is 80.5. The first-order chi connectivity index (χ1) is 52.5. The van der Waals surface area contributed by atoms with E-state index in [0.717, 1.165) is 38.1 Å². The van der Waals surface area contributed by atoms with E-state index in [0.29, 0.717) is 88.9 Å². The topological polar surface area (TPSA) is 408 Å². The number of aromatic amines is 4. The molecule has 1 aliphatic rings. The van der Waals surface area contributed by atoms with Crippen LogP contribution in [-0.4, -0.2) is 228 Å². The third-order valence-corrected chi connectivity index (χ3v) is 16.5. The van der Waals surface area contributed by atoms with Crippen LogP contribution in [0.5, 0.6) is 0 Å². The maximum atomic E-state index is 14.6. The van der Waals surface area contributed by atoms with E-state index in [1.807, 2.05) is 5.32 Å². The van der Waals surface area contributed by atoms with Crippen molar-refractivity contribution in [3.8, 4) is 45.6 Å². The van der Waals surface area contributed by atoms with E-state index in [1.54, 1.807) is 57.2 Å². The van der Waals surface area contributed by atoms with E-state index in [4.69, 9.17) is 0 Å². The number of H-pyrrole nitrogens is 4. The van der Waals surface area contributed by atoms with Gasteiger partial charge in [-0.3, -0.25) is 19.2 Å². The highest BCUT2D eigenvalue weighted by Crippen LogP contribution is 2.37. The van der Waals surface area contributed by atoms with Crippen LogP contribution >= 0.6 is 0 Å². The molecule has 45 heteroatoms. The van der Waals surface area contributed by atoms with Gasteiger partial charge in [-0.05, 0) is 53.5 Å². The summed E-state index contributed by atoms with van der Waals surface area (Å²) >= 11 is 0. The number of carbonyl (C=O) groups excluding carboxylic acids is 4. The Morgan fingerprint density at radius 3 is 1.40 bits per heavy atom. The highest BCUT2D eigenvalue weighted by atomic mass is 19.4. The molecule has 1 saturated heterocycles. The van der Waals surface area contributed by atoms with E-state index >= 15 is 0 Å². The van der Waals surface area contributed by atoms with E-state index in [1.165, 1.54) is 69.4 Å². The number of halogens is 13. The fourth-order valence-electron chi connectivity index (χ4n) is 11.2. The molecule has 111 heavy (non-hydrogen) atoms. The van der Waals surface area contributed by atoms with Gasteiger partial charge in [-0.15, -0.1) is 0 Å². The van der Waals surface area contributed by atoms with Gasteiger partial charge in [0, 0.05) is 127 Å². The van der Waals surface area contributed by atoms with Crippen LogP contribution in [0, 0.1) is 17.5 Å². The summed E-state index contributed by atoms with van der Waals surface area (Å²) in [4.78, 5) is 128. The molecule has 1 aliphatic heterocycles. The summed E-state index contributed by atoms with van der Waals surface area (Å²) in [7, 11) is 2.12. The maximum absolute atomic E-state index is 14.6. The molecule has 0 spiro atoms. The summed E-state index contributed by atoms with van der Waals surface area (Å²) in [6, 6.07) is -0.509. The highest BCUT2D eigenvalue weighted by molar-refractivity contribution is 5.95. The zero-order chi connectivity index (χ0) is 80.3. The van der Waals surface area contributed by atoms with Crippen molar-refractivity contribution in [1.29, 1.82) is 0 Å². The molecule has 32 nitrogen and oxygen atoms in total. The highest BCUT2D eigenvalue weighted by Gasteiger charge is 2.46. The fourth-order valence-corrected chi connectivity index (χ4v) is 11.2. The van der Waals surface area contributed by atoms with Crippen molar-refractivity contribution in [3.63, 3.8) is 0 Å². The molecule has 13 rings (SSSR count). The number of fused-ring (bicyclic) bond motifs is 4. The Labute approximate surface area is 617 Å². The van der Waals surface area contributed by atoms with Crippen molar-refractivity contribution < 1.29 is 76.3 Å². The average Bonchev–Trinajstić information content (AvgIpc) is 1.72. The molecule has 0 radical (unpaired) electrons. The Morgan fingerprint density at radius 1 is 0.541 bits per heavy atom. The summed E-state index contributed by atoms with van der Waals surface area (Å²) in [6.07, 6.45) is 9.98. The van der Waals surface area contributed by atoms with Gasteiger partial charge in [0.25, 0.3) is 0 Å². The quantitative estimate of drug-likeness (QED) is 0.0321. The summed E-state index contributed by atoms with van der Waals surface area (Å²) < 4.78 is 167. The molecule has 1 fully saturated rings. The van der Waals surface area contributed by atoms with Gasteiger partial charge in [-0.1, -0.05) is 0 Å². The minimum Gasteiger partial charge on any atom is -0.359 e. The summed E-state index contributed by atoms with van der Waals surface area (Å²) in [5.74, 6) is -4.57. The Hall–Kier alpha value is -13.0. The first-order valence-corrected chi connectivity index (χ1v) is 32.9. The number of hydrogen-bond acceptors (Lipinski definition) is 24. The Morgan fingerprint density at radius 2 is 0.955 bits per heavy atom. The van der Waals surface area contributed by atoms with Crippen molar-refractivity contribution in [2.24, 2.45) is 0 Å². The van der Waals surface area contributed by atoms with E-state index in [-0.39, 0.29) is 54.4 Å². The zero-order valence-electron chi connectivity index (χ0n) is 59.2. The van der Waals surface area contributed by atoms with Gasteiger partial charge in [0.15, 0.2) is 58.2 Å². The molecule has 1 unspecified atom stereocenters. The van der Waals surface area contributed by atoms with E-state index in [2.05, 4.69) is 121 Å². The average molecular weight is 1560 g/mol. The van der Waals surface area contributed by atoms with Crippen molar-refractivity contribution in [2.75, 3.05) is 74.3 Å². The minimum absolute atomic E-state index is 0.114. The third kappa shape index (κ3) is 19.8. The van der Waals surface area contributed by atoms with Crippen molar-refractivity contribution in [3.05, 3.63) is 123 Å². The Bertz CT molecular complexity index is 5290. The SMILES string of the molecule is CC(C)(Nc1nc(-c2c[nH]c3ncncc23)ncc1F)C(=O)NCCF.CC1(C(=O)NCC(F)(F)F)CCCN1c1nc(-c2c[nH]c3ncncc23)ncc1F.C[C@@H](Nc1ccnc(-c2c[nH]c3ncncc23)n1)C(=O)N(C)CC(F)(F)F.C[C@@H](Nc1nc(-c2c[nH]c3ncncc23)ncc1F)C(=O)N(C)CC(F)(F)F. The van der Waals surface area contributed by atoms with Crippen LogP contribution in [0.15, 0.2) is 106 Å². The summed E-state index contributed by atoms with van der Waals surface area (Å²) in [6.45, 7) is 2.63. The van der Waals surface area contributed by atoms with Crippen molar-refractivity contribution >= 4 is 91.0 Å². The van der Waals surface area contributed by atoms with Gasteiger partial charge in [-0.25, -0.2) is 97.3 Å². The molecular weight excluding hydrogens is 1500 g/mol. The molecule has 13 heterocycles. The molecule has 0 saturated carbocycles. The summed E-state index contributed by atoms with van der Waals surface area (Å²) in [5, 5.41) is 15.0. The number of carbonyl (C=O) groups is 4. The van der Waals surface area contributed by atoms with Gasteiger partial charge in [0.05, 0.1) is 18.6 Å². The minimum atomic E-state index is -4.54. The standard InChI is InChI=1S/C18H17F4N7O.C16H15F4N7O.C16H16F3N7O.C16H17F2N7O/c1-17(16(30)26-8-18(20,21)22)3-2-4-29(17)15-12(19)7-25-14(28-15)11-6-24-13-10(11)5-23-9-27-13;1-8(15(28)27(2)6-16(18,19)20)25-14-11(17)5-23-13(26-14)10-4-22-12-9(10)3-21-7-24-12;1-9(15(27)26(2)7-16(17,18)19)24-12-3-4-21-14(25-12)11-6-22-13-10(11)5-20-8-23-13;1-16(2,15(26)20-4-3-17)25-14-11(18)7-22-13(24-14)10-6-21-12-9(10)5-19-8-23-12/h5-7,9H,2-4,8H2,1H3,(H,26,30)(H,23,24,27);3-5,7-8H,6H2,1-2H3,(H,21,22,24)(H,23,25,26);3-6,8-9H,7H2,1-2H3,(H,20,22,23)(H,21,24,25);5-8H,3-4H2,1-2H3,(H,20,26)(H,19,21,23)(H,22,24,25)/t;8-;9-;/m.11./s1. The Kier molecular flexibility index (Phi) is 24.4. The number of aromatic nitrogens is 20. The lowest BCUT2D eigenvalue weighted by molar-refractivity contribution is -0.158. The molecule has 584 valence electrons. The number of amides is 4. The predicted molar refractivity (Wildman–Crippen MR) is 374 cm³/mol. The van der Waals surface area contributed by atoms with Gasteiger partial charge in [-0.2, -0.15) is 39.5 Å². The van der Waals surface area contributed by atoms with Gasteiger partial charge in [0.1, 0.15) is 103 Å². The normalized spacial score (nSPS) is 14.3. The second kappa shape index (κ2) is 33.6. The predicted octanol–water partition coefficient (Wildman–Crippen LogP) is 9.03. The van der Waals surface area contributed by atoms with Crippen LogP contribution in [0.25, 0.3) is 89.7 Å². The molecule has 4 amide bonds. The molecule has 0 aliphatic carbocycles. The monoisotopic (exact) mass is 1560 g/mol. The molecule has 12 aromatic heterocycles. The smallest absolute Gasteiger partial charge is 0.359 e. The summed E-state index contributed by atoms with van der Waals surface area (Å²) in [5.41, 5.74) is 2.04. The van der Waals surface area contributed by atoms with Crippen LogP contribution in [0.3, 0.4) is 0 Å². The molecule has 12 aromatic rings. The van der Waals surface area contributed by atoms with Crippen LogP contribution < -0.4 is 31.5 Å². The van der Waals surface area contributed by atoms with Crippen LogP contribution in [0.1, 0.15) is 47.5 Å². The number of alkyl halides is 10. The van der Waals surface area contributed by atoms with Gasteiger partial charge < -0.3 is 61.2 Å². The van der Waals surface area contributed by atoms with Crippen LogP contribution in [0.4, 0.5) is 80.3 Å². The number of anilines is 4. The Balaban J connectivity index is 0.000000157. The number of likely N-dealkylation sites (N-methyl/N-ethyl adjacent to an activating group) is 2. The van der Waals surface area contributed by atoms with Gasteiger partial charge >= 0.3 is 18.5 Å². The third-order valence-electron chi connectivity index (χ3n) is 16.5. The lowest BCUT2D eigenvalue weighted by Gasteiger charge is -2.35. The van der Waals surface area contributed by atoms with Crippen molar-refractivity contribution in [1.82, 2.24) is 120 Å². The van der Waals surface area contributed by atoms with Crippen LogP contribution in [0.2, 0.25) is 0 Å². The number of nitrogens with zero attached hydrogens (tertiary/aromatic N) is 19. The van der Waals surface area contributed by atoms with E-state index < -0.39 is 109 Å². The number of rotatable bonds is 20. The molecule has 3 atom stereocenters. The van der Waals surface area contributed by atoms with Crippen LogP contribution in [-0.2, 0) is 19.2 Å². The second-order valence-corrected chi connectivity index (χ2v) is 25.2. The maximum Gasteiger partial charge on any atom is 0.406 e. The molecule has 0 bridgehead atoms. The zero-order valence-corrected chi connectivity index (χ0v) is 59.2. The number of hydrogen-bond donors (Lipinski definition) is 9. The first-order valence-electron chi connectivity index (χ1n) is 32.9.